The van der Waals surface area contributed by atoms with Crippen molar-refractivity contribution in [1.29, 1.82) is 0 Å². The number of carbonyl (C=O) groups is 1. The van der Waals surface area contributed by atoms with Crippen LogP contribution in [0.4, 0.5) is 0 Å². The van der Waals surface area contributed by atoms with E-state index in [2.05, 4.69) is 10.5 Å². The Bertz CT molecular complexity index is 451. The van der Waals surface area contributed by atoms with E-state index in [0.717, 1.165) is 38.4 Å². The lowest BCUT2D eigenvalue weighted by Gasteiger charge is -2.32. The highest BCUT2D eigenvalue weighted by atomic mass is 35.5. The van der Waals surface area contributed by atoms with Gasteiger partial charge in [0.1, 0.15) is 5.76 Å². The fourth-order valence-electron chi connectivity index (χ4n) is 2.57. The quantitative estimate of drug-likeness (QED) is 0.924. The third kappa shape index (κ3) is 3.73. The third-order valence-corrected chi connectivity index (χ3v) is 4.02. The molecular weight excluding hydrogens is 278 g/mol. The summed E-state index contributed by atoms with van der Waals surface area (Å²) in [5.74, 6) is 1.60. The number of aryl methyl sites for hydroxylation is 1. The standard InChI is InChI=1S/C14H21N3O2.ClH/c1-10-8-13(16-19-10)14(18)17-6-4-12(5-7-17)15-9-11-2-3-11;/h8,11-12,15H,2-7,9H2,1H3;1H. The van der Waals surface area contributed by atoms with Gasteiger partial charge in [0.2, 0.25) is 0 Å². The molecule has 112 valence electrons. The number of likely N-dealkylation sites (tertiary alicyclic amines) is 1. The molecule has 1 aliphatic carbocycles. The molecule has 2 fully saturated rings. The Labute approximate surface area is 125 Å². The molecule has 1 saturated carbocycles. The van der Waals surface area contributed by atoms with Gasteiger partial charge in [-0.1, -0.05) is 5.16 Å². The zero-order chi connectivity index (χ0) is 13.2. The average Bonchev–Trinajstić information content (AvgIpc) is 3.17. The van der Waals surface area contributed by atoms with Gasteiger partial charge in [-0.25, -0.2) is 0 Å². The molecule has 1 saturated heterocycles. The molecule has 0 unspecified atom stereocenters. The molecule has 0 atom stereocenters. The molecule has 3 rings (SSSR count). The molecule has 0 radical (unpaired) electrons. The maximum Gasteiger partial charge on any atom is 0.276 e. The SMILES string of the molecule is Cc1cc(C(=O)N2CCC(NCC3CC3)CC2)no1.Cl. The number of rotatable bonds is 4. The van der Waals surface area contributed by atoms with E-state index in [1.54, 1.807) is 13.0 Å². The van der Waals surface area contributed by atoms with Gasteiger partial charge >= 0.3 is 0 Å². The molecule has 0 aromatic carbocycles. The summed E-state index contributed by atoms with van der Waals surface area (Å²) in [7, 11) is 0. The number of hydrogen-bond donors (Lipinski definition) is 1. The summed E-state index contributed by atoms with van der Waals surface area (Å²) in [6, 6.07) is 2.28. The normalized spacial score (nSPS) is 19.8. The van der Waals surface area contributed by atoms with Crippen LogP contribution in [0.2, 0.25) is 0 Å². The molecule has 0 spiro atoms. The van der Waals surface area contributed by atoms with Crippen molar-refractivity contribution in [2.45, 2.75) is 38.6 Å². The molecular formula is C14H22ClN3O2. The topological polar surface area (TPSA) is 58.4 Å². The first kappa shape index (κ1) is 15.3. The molecule has 20 heavy (non-hydrogen) atoms. The number of nitrogens with zero attached hydrogens (tertiary/aromatic N) is 2. The minimum absolute atomic E-state index is 0. The molecule has 1 aromatic heterocycles. The van der Waals surface area contributed by atoms with Crippen LogP contribution in [-0.2, 0) is 0 Å². The lowest BCUT2D eigenvalue weighted by Crippen LogP contribution is -2.45. The van der Waals surface area contributed by atoms with Crippen LogP contribution in [0.5, 0.6) is 0 Å². The predicted molar refractivity (Wildman–Crippen MR) is 78.1 cm³/mol. The maximum atomic E-state index is 12.2. The highest BCUT2D eigenvalue weighted by Gasteiger charge is 2.27. The first-order chi connectivity index (χ1) is 9.22. The zero-order valence-electron chi connectivity index (χ0n) is 11.8. The van der Waals surface area contributed by atoms with E-state index >= 15 is 0 Å². The van der Waals surface area contributed by atoms with Crippen LogP contribution >= 0.6 is 12.4 Å². The molecule has 0 bridgehead atoms. The first-order valence-corrected chi connectivity index (χ1v) is 7.18. The zero-order valence-corrected chi connectivity index (χ0v) is 12.6. The highest BCUT2D eigenvalue weighted by molar-refractivity contribution is 5.92. The number of piperidine rings is 1. The van der Waals surface area contributed by atoms with Gasteiger partial charge in [-0.3, -0.25) is 4.79 Å². The van der Waals surface area contributed by atoms with E-state index in [1.165, 1.54) is 12.8 Å². The summed E-state index contributed by atoms with van der Waals surface area (Å²) in [6.07, 6.45) is 4.84. The van der Waals surface area contributed by atoms with E-state index < -0.39 is 0 Å². The van der Waals surface area contributed by atoms with Crippen LogP contribution in [0.3, 0.4) is 0 Å². The average molecular weight is 300 g/mol. The summed E-state index contributed by atoms with van der Waals surface area (Å²) in [4.78, 5) is 14.1. The van der Waals surface area contributed by atoms with Crippen molar-refractivity contribution >= 4 is 18.3 Å². The Morgan fingerprint density at radius 2 is 2.10 bits per heavy atom. The van der Waals surface area contributed by atoms with Crippen LogP contribution in [0.1, 0.15) is 41.9 Å². The molecule has 1 N–H and O–H groups in total. The molecule has 1 aliphatic heterocycles. The predicted octanol–water partition coefficient (Wildman–Crippen LogP) is 2.01. The number of halogens is 1. The summed E-state index contributed by atoms with van der Waals surface area (Å²) in [5, 5.41) is 7.41. The van der Waals surface area contributed by atoms with Crippen LogP contribution in [0.15, 0.2) is 10.6 Å². The molecule has 1 amide bonds. The lowest BCUT2D eigenvalue weighted by atomic mass is 10.0. The van der Waals surface area contributed by atoms with Crippen LogP contribution in [0.25, 0.3) is 0 Å². The minimum atomic E-state index is -0.00232. The van der Waals surface area contributed by atoms with E-state index in [4.69, 9.17) is 4.52 Å². The number of amides is 1. The Morgan fingerprint density at radius 1 is 1.40 bits per heavy atom. The summed E-state index contributed by atoms with van der Waals surface area (Å²) in [5.41, 5.74) is 0.432. The second-order valence-electron chi connectivity index (χ2n) is 5.74. The van der Waals surface area contributed by atoms with Crippen molar-refractivity contribution in [1.82, 2.24) is 15.4 Å². The molecule has 1 aromatic rings. The molecule has 2 aliphatic rings. The fourth-order valence-corrected chi connectivity index (χ4v) is 2.57. The largest absolute Gasteiger partial charge is 0.361 e. The van der Waals surface area contributed by atoms with Gasteiger partial charge in [0, 0.05) is 25.2 Å². The van der Waals surface area contributed by atoms with Gasteiger partial charge in [-0.15, -0.1) is 12.4 Å². The van der Waals surface area contributed by atoms with Gasteiger partial charge in [0.25, 0.3) is 5.91 Å². The van der Waals surface area contributed by atoms with Crippen molar-refractivity contribution in [3.05, 3.63) is 17.5 Å². The Hall–Kier alpha value is -1.07. The second-order valence-corrected chi connectivity index (χ2v) is 5.74. The van der Waals surface area contributed by atoms with Crippen molar-refractivity contribution in [3.63, 3.8) is 0 Å². The van der Waals surface area contributed by atoms with E-state index in [9.17, 15) is 4.79 Å². The summed E-state index contributed by atoms with van der Waals surface area (Å²) in [6.45, 7) is 4.58. The summed E-state index contributed by atoms with van der Waals surface area (Å²) < 4.78 is 4.96. The second kappa shape index (κ2) is 6.59. The van der Waals surface area contributed by atoms with E-state index in [-0.39, 0.29) is 18.3 Å². The van der Waals surface area contributed by atoms with E-state index in [0.29, 0.717) is 17.5 Å². The highest BCUT2D eigenvalue weighted by Crippen LogP contribution is 2.28. The van der Waals surface area contributed by atoms with Crippen molar-refractivity contribution in [2.75, 3.05) is 19.6 Å². The van der Waals surface area contributed by atoms with Gasteiger partial charge in [-0.2, -0.15) is 0 Å². The Balaban J connectivity index is 0.00000147. The van der Waals surface area contributed by atoms with Crippen LogP contribution in [0, 0.1) is 12.8 Å². The first-order valence-electron chi connectivity index (χ1n) is 7.18. The number of aromatic nitrogens is 1. The third-order valence-electron chi connectivity index (χ3n) is 4.02. The maximum absolute atomic E-state index is 12.2. The van der Waals surface area contributed by atoms with Gasteiger partial charge in [0.15, 0.2) is 5.69 Å². The van der Waals surface area contributed by atoms with Crippen molar-refractivity contribution in [3.8, 4) is 0 Å². The monoisotopic (exact) mass is 299 g/mol. The Morgan fingerprint density at radius 3 is 2.65 bits per heavy atom. The smallest absolute Gasteiger partial charge is 0.276 e. The van der Waals surface area contributed by atoms with Crippen LogP contribution < -0.4 is 5.32 Å². The van der Waals surface area contributed by atoms with Gasteiger partial charge in [-0.05, 0) is 45.1 Å². The number of hydrogen-bond acceptors (Lipinski definition) is 4. The molecule has 5 nitrogen and oxygen atoms in total. The van der Waals surface area contributed by atoms with Crippen LogP contribution in [-0.4, -0.2) is 41.6 Å². The molecule has 6 heteroatoms. The summed E-state index contributed by atoms with van der Waals surface area (Å²) >= 11 is 0. The Kier molecular flexibility index (Phi) is 5.05. The fraction of sp³-hybridized carbons (Fsp3) is 0.714. The number of carbonyl (C=O) groups excluding carboxylic acids is 1. The van der Waals surface area contributed by atoms with Crippen molar-refractivity contribution < 1.29 is 9.32 Å². The number of nitrogens with one attached hydrogen (secondary N) is 1. The lowest BCUT2D eigenvalue weighted by molar-refractivity contribution is 0.0694. The van der Waals surface area contributed by atoms with Gasteiger partial charge < -0.3 is 14.7 Å². The van der Waals surface area contributed by atoms with Gasteiger partial charge in [0.05, 0.1) is 0 Å². The minimum Gasteiger partial charge on any atom is -0.361 e. The van der Waals surface area contributed by atoms with Crippen molar-refractivity contribution in [2.24, 2.45) is 5.92 Å². The molecule has 2 heterocycles. The van der Waals surface area contributed by atoms with E-state index in [1.807, 2.05) is 4.90 Å².